The van der Waals surface area contributed by atoms with E-state index in [1.807, 2.05) is 47.0 Å². The summed E-state index contributed by atoms with van der Waals surface area (Å²) in [7, 11) is 0. The van der Waals surface area contributed by atoms with Gasteiger partial charge in [0.15, 0.2) is 0 Å². The minimum Gasteiger partial charge on any atom is -0.0877 e. The fourth-order valence-electron chi connectivity index (χ4n) is 7.97. The molecule has 0 bridgehead atoms. The van der Waals surface area contributed by atoms with Crippen LogP contribution in [-0.4, -0.2) is 0 Å². The predicted octanol–water partition coefficient (Wildman–Crippen LogP) is 13.2. The molecule has 4 heteroatoms. The van der Waals surface area contributed by atoms with Crippen LogP contribution in [0.1, 0.15) is 49.9 Å². The van der Waals surface area contributed by atoms with Gasteiger partial charge in [-0.3, -0.25) is 0 Å². The van der Waals surface area contributed by atoms with E-state index in [4.69, 9.17) is 0 Å². The minimum atomic E-state index is -0.0611. The van der Waals surface area contributed by atoms with Crippen LogP contribution in [-0.2, 0) is 10.8 Å². The van der Waals surface area contributed by atoms with Crippen molar-refractivity contribution in [1.82, 2.24) is 0 Å². The van der Waals surface area contributed by atoms with Crippen LogP contribution in [0.4, 0.5) is 0 Å². The summed E-state index contributed by atoms with van der Waals surface area (Å²) in [5.74, 6) is 0. The van der Waals surface area contributed by atoms with Gasteiger partial charge in [0.05, 0.1) is 0 Å². The van der Waals surface area contributed by atoms with Gasteiger partial charge >= 0.3 is 0 Å². The smallest absolute Gasteiger partial charge is 0.0344 e. The highest BCUT2D eigenvalue weighted by Crippen LogP contribution is 2.61. The summed E-state index contributed by atoms with van der Waals surface area (Å²) in [4.78, 5) is 11.0. The second-order valence-electron chi connectivity index (χ2n) is 13.7. The van der Waals surface area contributed by atoms with E-state index < -0.39 is 0 Å². The number of fused-ring (bicyclic) bond motifs is 12. The Labute approximate surface area is 287 Å². The highest BCUT2D eigenvalue weighted by molar-refractivity contribution is 8.05. The summed E-state index contributed by atoms with van der Waals surface area (Å²) >= 11 is 7.71. The van der Waals surface area contributed by atoms with Gasteiger partial charge in [-0.15, -0.1) is 0 Å². The van der Waals surface area contributed by atoms with Crippen molar-refractivity contribution < 1.29 is 0 Å². The minimum absolute atomic E-state index is 0.0611. The summed E-state index contributed by atoms with van der Waals surface area (Å²) < 4.78 is 0. The monoisotopic (exact) mass is 662 g/mol. The molecule has 46 heavy (non-hydrogen) atoms. The zero-order valence-corrected chi connectivity index (χ0v) is 29.3. The molecule has 0 saturated heterocycles. The van der Waals surface area contributed by atoms with Crippen molar-refractivity contribution in [1.29, 1.82) is 0 Å². The van der Waals surface area contributed by atoms with Gasteiger partial charge in [0.1, 0.15) is 0 Å². The molecule has 4 aliphatic rings. The molecule has 0 atom stereocenters. The van der Waals surface area contributed by atoms with Crippen LogP contribution in [0, 0.1) is 0 Å². The third-order valence-corrected chi connectivity index (χ3v) is 15.6. The normalized spacial score (nSPS) is 16.7. The first-order valence-electron chi connectivity index (χ1n) is 15.8. The van der Waals surface area contributed by atoms with Crippen LogP contribution in [0.15, 0.2) is 148 Å². The van der Waals surface area contributed by atoms with Crippen LogP contribution in [0.2, 0.25) is 0 Å². The van der Waals surface area contributed by atoms with Gasteiger partial charge in [0, 0.05) is 61.1 Å². The fourth-order valence-corrected chi connectivity index (χ4v) is 12.8. The van der Waals surface area contributed by atoms with Crippen molar-refractivity contribution in [3.05, 3.63) is 131 Å². The lowest BCUT2D eigenvalue weighted by Gasteiger charge is -2.25. The van der Waals surface area contributed by atoms with Gasteiger partial charge in [-0.1, -0.05) is 135 Å². The largest absolute Gasteiger partial charge is 0.0877 e. The molecule has 0 saturated carbocycles. The Balaban J connectivity index is 1.07. The summed E-state index contributed by atoms with van der Waals surface area (Å²) in [5, 5.41) is 0. The third kappa shape index (κ3) is 3.76. The summed E-state index contributed by atoms with van der Waals surface area (Å²) in [6.07, 6.45) is 0. The highest BCUT2D eigenvalue weighted by atomic mass is 32.2. The Hall–Kier alpha value is -3.28. The van der Waals surface area contributed by atoms with E-state index in [-0.39, 0.29) is 10.8 Å². The standard InChI is InChI=1S/C42H30S4/c1-41(2)27-17-19-35-39(45-33-11-7-5-9-31(33)43-35)37(27)25-15-13-23(21-29(25)41)24-14-16-26-30(22-24)42(3,4)28-18-20-36-40(38(26)28)46-34-12-8-6-10-32(34)44-36/h5-22H,1-4H3. The molecule has 0 aromatic heterocycles. The molecule has 0 radical (unpaired) electrons. The molecule has 2 aliphatic heterocycles. The first kappa shape index (κ1) is 27.8. The zero-order valence-electron chi connectivity index (χ0n) is 26.0. The van der Waals surface area contributed by atoms with Crippen LogP contribution in [0.5, 0.6) is 0 Å². The molecule has 0 N–H and O–H groups in total. The second kappa shape index (κ2) is 9.64. The van der Waals surface area contributed by atoms with E-state index in [1.54, 1.807) is 0 Å². The van der Waals surface area contributed by atoms with E-state index >= 15 is 0 Å². The maximum Gasteiger partial charge on any atom is 0.0344 e. The summed E-state index contributed by atoms with van der Waals surface area (Å²) in [6.45, 7) is 9.62. The van der Waals surface area contributed by atoms with Crippen molar-refractivity contribution in [2.75, 3.05) is 0 Å². The lowest BCUT2D eigenvalue weighted by molar-refractivity contribution is 0.658. The first-order chi connectivity index (χ1) is 22.3. The molecule has 0 amide bonds. The Morgan fingerprint density at radius 2 is 0.761 bits per heavy atom. The second-order valence-corrected chi connectivity index (χ2v) is 18.0. The van der Waals surface area contributed by atoms with Crippen LogP contribution >= 0.6 is 47.0 Å². The average molecular weight is 663 g/mol. The average Bonchev–Trinajstić information content (AvgIpc) is 3.45. The topological polar surface area (TPSA) is 0 Å². The summed E-state index contributed by atoms with van der Waals surface area (Å²) in [5.41, 5.74) is 13.9. The SMILES string of the molecule is CC1(C)c2cc(-c3ccc4c(c3)C(C)(C)c3ccc5c(c3-4)Sc3ccccc3S5)ccc2-c2c1ccc1c2Sc2ccccc2S1. The summed E-state index contributed by atoms with van der Waals surface area (Å²) in [6, 6.07) is 41.6. The van der Waals surface area contributed by atoms with E-state index in [0.717, 1.165) is 0 Å². The Morgan fingerprint density at radius 1 is 0.370 bits per heavy atom. The van der Waals surface area contributed by atoms with Crippen molar-refractivity contribution >= 4 is 47.0 Å². The maximum atomic E-state index is 2.48. The quantitative estimate of drug-likeness (QED) is 0.171. The molecule has 0 spiro atoms. The number of rotatable bonds is 1. The molecular weight excluding hydrogens is 633 g/mol. The highest BCUT2D eigenvalue weighted by Gasteiger charge is 2.41. The van der Waals surface area contributed by atoms with E-state index in [9.17, 15) is 0 Å². The molecule has 0 nitrogen and oxygen atoms in total. The molecule has 6 aromatic rings. The van der Waals surface area contributed by atoms with E-state index in [2.05, 4.69) is 137 Å². The molecule has 0 unspecified atom stereocenters. The first-order valence-corrected chi connectivity index (χ1v) is 19.1. The molecule has 2 heterocycles. The van der Waals surface area contributed by atoms with Gasteiger partial charge in [0.25, 0.3) is 0 Å². The van der Waals surface area contributed by atoms with Crippen LogP contribution in [0.25, 0.3) is 33.4 Å². The van der Waals surface area contributed by atoms with E-state index in [0.29, 0.717) is 0 Å². The van der Waals surface area contributed by atoms with Crippen molar-refractivity contribution in [2.24, 2.45) is 0 Å². The lowest BCUT2D eigenvalue weighted by atomic mass is 9.80. The lowest BCUT2D eigenvalue weighted by Crippen LogP contribution is -2.15. The number of benzene rings is 6. The van der Waals surface area contributed by atoms with Gasteiger partial charge in [-0.05, 0) is 93.0 Å². The van der Waals surface area contributed by atoms with Crippen molar-refractivity contribution in [3.8, 4) is 33.4 Å². The number of hydrogen-bond donors (Lipinski definition) is 0. The fraction of sp³-hybridized carbons (Fsp3) is 0.143. The number of hydrogen-bond acceptors (Lipinski definition) is 4. The van der Waals surface area contributed by atoms with Gasteiger partial charge < -0.3 is 0 Å². The predicted molar refractivity (Wildman–Crippen MR) is 196 cm³/mol. The molecule has 2 aliphatic carbocycles. The van der Waals surface area contributed by atoms with Gasteiger partial charge in [-0.25, -0.2) is 0 Å². The Morgan fingerprint density at radius 3 is 1.17 bits per heavy atom. The van der Waals surface area contributed by atoms with Crippen LogP contribution < -0.4 is 0 Å². The molecule has 222 valence electrons. The molecular formula is C42H30S4. The van der Waals surface area contributed by atoms with Gasteiger partial charge in [0.2, 0.25) is 0 Å². The Kier molecular flexibility index (Phi) is 5.82. The molecule has 10 rings (SSSR count). The Bertz CT molecular complexity index is 2160. The van der Waals surface area contributed by atoms with Crippen molar-refractivity contribution in [2.45, 2.75) is 77.7 Å². The maximum absolute atomic E-state index is 2.48. The zero-order chi connectivity index (χ0) is 30.9. The molecule has 0 fully saturated rings. The third-order valence-electron chi connectivity index (χ3n) is 10.4. The van der Waals surface area contributed by atoms with Crippen LogP contribution in [0.3, 0.4) is 0 Å². The van der Waals surface area contributed by atoms with Crippen molar-refractivity contribution in [3.63, 3.8) is 0 Å². The molecule has 6 aromatic carbocycles. The van der Waals surface area contributed by atoms with E-state index in [1.165, 1.54) is 94.8 Å². The van der Waals surface area contributed by atoms with Gasteiger partial charge in [-0.2, -0.15) is 0 Å².